The molecule has 16 heteroatoms. The fourth-order valence-electron chi connectivity index (χ4n) is 7.02. The fourth-order valence-corrected chi connectivity index (χ4v) is 8.12. The molecule has 1 amide bonds. The van der Waals surface area contributed by atoms with Gasteiger partial charge in [0.2, 0.25) is 5.78 Å². The molecule has 4 aromatic carbocycles. The van der Waals surface area contributed by atoms with Gasteiger partial charge in [-0.15, -0.1) is 0 Å². The Morgan fingerprint density at radius 2 is 0.986 bits per heavy atom. The molecular formula is C54H51Br2N3O11. The summed E-state index contributed by atoms with van der Waals surface area (Å²) in [7, 11) is 12.4. The first-order chi connectivity index (χ1) is 34.0. The number of likely N-dealkylation sites (N-methyl/N-ethyl adjacent to an activating group) is 1. The highest BCUT2D eigenvalue weighted by molar-refractivity contribution is 9.11. The van der Waals surface area contributed by atoms with Crippen molar-refractivity contribution in [3.05, 3.63) is 178 Å². The molecule has 0 saturated carbocycles. The summed E-state index contributed by atoms with van der Waals surface area (Å²) in [5, 5.41) is 1.16. The Labute approximate surface area is 423 Å². The highest BCUT2D eigenvalue weighted by Crippen LogP contribution is 2.41. The Morgan fingerprint density at radius 3 is 1.37 bits per heavy atom. The molecule has 362 valence electrons. The number of aromatic nitrogens is 2. The maximum atomic E-state index is 13.2. The van der Waals surface area contributed by atoms with E-state index in [-0.39, 0.29) is 17.5 Å². The maximum Gasteiger partial charge on any atom is 0.279 e. The van der Waals surface area contributed by atoms with Gasteiger partial charge in [0.15, 0.2) is 11.9 Å². The minimum Gasteiger partial charge on any atom is -0.495 e. The molecule has 0 fully saturated rings. The van der Waals surface area contributed by atoms with Gasteiger partial charge < -0.3 is 37.3 Å². The van der Waals surface area contributed by atoms with E-state index in [0.29, 0.717) is 33.2 Å². The zero-order chi connectivity index (χ0) is 50.2. The molecule has 0 aliphatic rings. The minimum absolute atomic E-state index is 0.203. The molecule has 70 heavy (non-hydrogen) atoms. The lowest BCUT2D eigenvalue weighted by Crippen LogP contribution is -2.31. The van der Waals surface area contributed by atoms with Gasteiger partial charge in [0.05, 0.1) is 41.8 Å². The van der Waals surface area contributed by atoms with E-state index in [1.165, 1.54) is 21.3 Å². The summed E-state index contributed by atoms with van der Waals surface area (Å²) in [6.45, 7) is 0. The summed E-state index contributed by atoms with van der Waals surface area (Å²) >= 11 is 6.87. The number of ketones is 1. The van der Waals surface area contributed by atoms with Crippen LogP contribution in [0.4, 0.5) is 0 Å². The van der Waals surface area contributed by atoms with Crippen LogP contribution in [0.25, 0.3) is 44.9 Å². The molecule has 2 atom stereocenters. The second kappa shape index (κ2) is 25.5. The third-order valence-corrected chi connectivity index (χ3v) is 12.3. The molecule has 8 aromatic rings. The number of methoxy groups -OCH3 is 6. The Balaban J connectivity index is 0.000000186. The Bertz CT molecular complexity index is 2860. The third kappa shape index (κ3) is 12.8. The van der Waals surface area contributed by atoms with Crippen LogP contribution in [-0.2, 0) is 19.1 Å². The fraction of sp³-hybridized carbons (Fsp3) is 0.185. The van der Waals surface area contributed by atoms with Crippen LogP contribution in [0.2, 0.25) is 0 Å². The number of furan rings is 2. The number of amides is 1. The number of carbonyl (C=O) groups is 2. The molecule has 0 bridgehead atoms. The van der Waals surface area contributed by atoms with E-state index in [1.807, 2.05) is 109 Å². The number of rotatable bonds is 16. The molecule has 0 aliphatic carbocycles. The number of pyridine rings is 2. The molecule has 0 radical (unpaired) electrons. The summed E-state index contributed by atoms with van der Waals surface area (Å²) < 4.78 is 44.9. The number of nitrogens with zero attached hydrogens (tertiary/aromatic N) is 3. The van der Waals surface area contributed by atoms with E-state index >= 15 is 0 Å². The van der Waals surface area contributed by atoms with Gasteiger partial charge in [0, 0.05) is 57.2 Å². The Kier molecular flexibility index (Phi) is 19.1. The normalized spacial score (nSPS) is 11.5. The summed E-state index contributed by atoms with van der Waals surface area (Å²) in [5.74, 6) is 3.59. The van der Waals surface area contributed by atoms with Gasteiger partial charge in [0.25, 0.3) is 5.91 Å². The van der Waals surface area contributed by atoms with Crippen molar-refractivity contribution in [2.75, 3.05) is 56.8 Å². The van der Waals surface area contributed by atoms with Crippen molar-refractivity contribution in [2.45, 2.75) is 12.2 Å². The highest BCUT2D eigenvalue weighted by atomic mass is 79.9. The monoisotopic (exact) mass is 1080 g/mol. The van der Waals surface area contributed by atoms with Gasteiger partial charge in [-0.25, -0.2) is 5.06 Å². The second-order valence-electron chi connectivity index (χ2n) is 14.9. The van der Waals surface area contributed by atoms with E-state index in [0.717, 1.165) is 59.8 Å². The molecular weight excluding hydrogens is 1030 g/mol. The molecule has 0 N–H and O–H groups in total. The smallest absolute Gasteiger partial charge is 0.279 e. The number of halogens is 2. The molecule has 4 heterocycles. The Morgan fingerprint density at radius 1 is 0.529 bits per heavy atom. The predicted octanol–water partition coefficient (Wildman–Crippen LogP) is 12.5. The number of hydrogen-bond donors (Lipinski definition) is 0. The minimum atomic E-state index is -0.791. The molecule has 0 spiro atoms. The van der Waals surface area contributed by atoms with Crippen molar-refractivity contribution in [3.8, 4) is 67.9 Å². The first-order valence-corrected chi connectivity index (χ1v) is 23.0. The summed E-state index contributed by atoms with van der Waals surface area (Å²) in [5.41, 5.74) is 7.22. The van der Waals surface area contributed by atoms with Crippen LogP contribution < -0.4 is 18.9 Å². The summed E-state index contributed by atoms with van der Waals surface area (Å²) in [4.78, 5) is 38.5. The lowest BCUT2D eigenvalue weighted by atomic mass is 10.00. The number of benzene rings is 4. The largest absolute Gasteiger partial charge is 0.495 e. The van der Waals surface area contributed by atoms with Crippen LogP contribution in [0.3, 0.4) is 0 Å². The van der Waals surface area contributed by atoms with E-state index in [4.69, 9.17) is 42.1 Å². The van der Waals surface area contributed by atoms with E-state index in [2.05, 4.69) is 41.8 Å². The molecule has 4 aromatic heterocycles. The van der Waals surface area contributed by atoms with Gasteiger partial charge in [-0.2, -0.15) is 0 Å². The third-order valence-electron chi connectivity index (χ3n) is 10.8. The average molecular weight is 1080 g/mol. The number of carbonyl (C=O) groups excluding carboxylic acids is 2. The highest BCUT2D eigenvalue weighted by Gasteiger charge is 2.26. The lowest BCUT2D eigenvalue weighted by Gasteiger charge is -2.21. The second-order valence-corrected chi connectivity index (χ2v) is 16.5. The Hall–Kier alpha value is -7.08. The van der Waals surface area contributed by atoms with Crippen molar-refractivity contribution in [3.63, 3.8) is 0 Å². The average Bonchev–Trinajstić information content (AvgIpc) is 4.15. The molecule has 0 aliphatic heterocycles. The van der Waals surface area contributed by atoms with Gasteiger partial charge in [0.1, 0.15) is 49.6 Å². The van der Waals surface area contributed by atoms with Crippen LogP contribution in [0.1, 0.15) is 33.9 Å². The number of Topliss-reactive ketones (excluding diaryl/α,β-unsaturated/α-hetero) is 1. The predicted molar refractivity (Wildman–Crippen MR) is 273 cm³/mol. The number of ether oxygens (including phenoxy) is 6. The van der Waals surface area contributed by atoms with Crippen LogP contribution in [0.15, 0.2) is 170 Å². The van der Waals surface area contributed by atoms with Gasteiger partial charge in [-0.3, -0.25) is 24.4 Å². The van der Waals surface area contributed by atoms with Crippen molar-refractivity contribution >= 4 is 43.6 Å². The lowest BCUT2D eigenvalue weighted by molar-refractivity contribution is -0.179. The summed E-state index contributed by atoms with van der Waals surface area (Å²) in [6, 6.07) is 37.6. The quantitative estimate of drug-likeness (QED) is 0.0666. The van der Waals surface area contributed by atoms with Crippen LogP contribution in [0.5, 0.6) is 23.0 Å². The molecule has 14 nitrogen and oxygen atoms in total. The van der Waals surface area contributed by atoms with Crippen molar-refractivity contribution in [1.29, 1.82) is 0 Å². The molecule has 0 saturated heterocycles. The van der Waals surface area contributed by atoms with Crippen molar-refractivity contribution in [2.24, 2.45) is 0 Å². The standard InChI is InChI=1S/C26H22BrNO5.C16H18N2O3.C12H11BrO3/c1-30-22-13-19(14-23(31-2)24(22)27)20-10-11-21(33-20)25(29)26(32-3)17-8-6-16(7-9-17)18-5-4-12-28-15-18;1-18(21-3)16(19)15(20-2)13-8-6-12(7-9-13)14-5-4-10-17-11-14;1-14-10-6-8(9-4-3-5-16-9)7-11(15-2)12(10)13/h4-15,26H,1-3H3;4-11,15H,1-3H3;3-7H,1-2H3. The van der Waals surface area contributed by atoms with E-state index < -0.39 is 12.2 Å². The molecule has 2 unspecified atom stereocenters. The maximum absolute atomic E-state index is 13.2. The SMILES string of the molecule is COC(C(=O)N(C)OC)c1ccc(-c2cccnc2)cc1.COc1cc(-c2ccc(C(=O)C(OC)c3ccc(-c4cccnc4)cc3)o2)cc(OC)c1Br.COc1cc(-c2ccco2)cc(OC)c1Br. The van der Waals surface area contributed by atoms with Crippen LogP contribution in [-0.4, -0.2) is 83.5 Å². The van der Waals surface area contributed by atoms with Gasteiger partial charge >= 0.3 is 0 Å². The van der Waals surface area contributed by atoms with Crippen molar-refractivity contribution in [1.82, 2.24) is 15.0 Å². The van der Waals surface area contributed by atoms with Crippen LogP contribution in [0, 0.1) is 0 Å². The summed E-state index contributed by atoms with van der Waals surface area (Å²) in [6.07, 6.45) is 7.22. The van der Waals surface area contributed by atoms with Gasteiger partial charge in [-0.1, -0.05) is 60.7 Å². The molecule has 8 rings (SSSR count). The van der Waals surface area contributed by atoms with E-state index in [1.54, 1.807) is 78.7 Å². The topological polar surface area (TPSA) is 154 Å². The first kappa shape index (κ1) is 52.3. The first-order valence-electron chi connectivity index (χ1n) is 21.4. The van der Waals surface area contributed by atoms with Gasteiger partial charge in [-0.05, 0) is 126 Å². The van der Waals surface area contributed by atoms with E-state index in [9.17, 15) is 9.59 Å². The number of hydroxylamine groups is 2. The zero-order valence-corrected chi connectivity index (χ0v) is 42.8. The van der Waals surface area contributed by atoms with Crippen molar-refractivity contribution < 1.29 is 51.7 Å². The zero-order valence-electron chi connectivity index (χ0n) is 39.7. The number of hydrogen-bond acceptors (Lipinski definition) is 13. The van der Waals surface area contributed by atoms with Crippen LogP contribution >= 0.6 is 31.9 Å².